The molecule has 1 aromatic carbocycles. The molecule has 1 amide bonds. The highest BCUT2D eigenvalue weighted by Crippen LogP contribution is 2.37. The van der Waals surface area contributed by atoms with Gasteiger partial charge in [0.25, 0.3) is 0 Å². The summed E-state index contributed by atoms with van der Waals surface area (Å²) in [5.41, 5.74) is 1.06. The minimum atomic E-state index is -0.877. The number of aromatic nitrogens is 3. The molecule has 38 heavy (non-hydrogen) atoms. The Morgan fingerprint density at radius 1 is 1.03 bits per heavy atom. The zero-order valence-electron chi connectivity index (χ0n) is 21.8. The van der Waals surface area contributed by atoms with Crippen molar-refractivity contribution in [3.05, 3.63) is 48.3 Å². The lowest BCUT2D eigenvalue weighted by Gasteiger charge is -2.35. The summed E-state index contributed by atoms with van der Waals surface area (Å²) in [6.45, 7) is 2.46. The van der Waals surface area contributed by atoms with E-state index >= 15 is 0 Å². The van der Waals surface area contributed by atoms with E-state index < -0.39 is 5.60 Å². The molecule has 0 bridgehead atoms. The Morgan fingerprint density at radius 2 is 1.79 bits per heavy atom. The van der Waals surface area contributed by atoms with Crippen LogP contribution < -0.4 is 5.32 Å². The molecule has 2 saturated heterocycles. The Labute approximate surface area is 222 Å². The number of benzene rings is 1. The minimum absolute atomic E-state index is 0.0709. The topological polar surface area (TPSA) is 113 Å². The quantitative estimate of drug-likeness (QED) is 0.474. The van der Waals surface area contributed by atoms with Crippen molar-refractivity contribution in [2.24, 2.45) is 5.92 Å². The maximum atomic E-state index is 12.9. The highest BCUT2D eigenvalue weighted by Gasteiger charge is 2.34. The Bertz CT molecular complexity index is 1270. The number of nitrogens with zero attached hydrogens (tertiary/aromatic N) is 4. The number of nitrogens with one attached hydrogen (secondary N) is 1. The molecule has 0 spiro atoms. The van der Waals surface area contributed by atoms with Crippen molar-refractivity contribution >= 4 is 22.8 Å². The van der Waals surface area contributed by atoms with Crippen LogP contribution in [0.4, 0.5) is 5.95 Å². The molecule has 9 nitrogen and oxygen atoms in total. The van der Waals surface area contributed by atoms with Crippen LogP contribution in [0, 0.1) is 5.92 Å². The van der Waals surface area contributed by atoms with Crippen LogP contribution in [0.5, 0.6) is 0 Å². The molecule has 0 radical (unpaired) electrons. The first-order chi connectivity index (χ1) is 18.5. The summed E-state index contributed by atoms with van der Waals surface area (Å²) in [4.78, 5) is 24.1. The lowest BCUT2D eigenvalue weighted by atomic mass is 9.84. The van der Waals surface area contributed by atoms with Crippen LogP contribution in [-0.2, 0) is 15.1 Å². The second-order valence-corrected chi connectivity index (χ2v) is 11.1. The van der Waals surface area contributed by atoms with E-state index in [-0.39, 0.29) is 24.0 Å². The third-order valence-corrected chi connectivity index (χ3v) is 8.63. The number of carbonyl (C=O) groups excluding carboxylic acids is 1. The Balaban J connectivity index is 1.13. The number of hydrogen-bond donors (Lipinski definition) is 3. The molecule has 1 saturated carbocycles. The van der Waals surface area contributed by atoms with Gasteiger partial charge in [-0.15, -0.1) is 0 Å². The van der Waals surface area contributed by atoms with Crippen LogP contribution in [0.3, 0.4) is 0 Å². The number of amides is 1. The Hall–Kier alpha value is -3.01. The number of ether oxygens (including phenoxy) is 1. The van der Waals surface area contributed by atoms with Crippen molar-refractivity contribution in [3.8, 4) is 5.82 Å². The summed E-state index contributed by atoms with van der Waals surface area (Å²) in [5, 5.41) is 25.6. The lowest BCUT2D eigenvalue weighted by molar-refractivity contribution is -0.138. The second kappa shape index (κ2) is 10.6. The predicted octanol–water partition coefficient (Wildman–Crippen LogP) is 3.37. The third kappa shape index (κ3) is 5.02. The van der Waals surface area contributed by atoms with Crippen LogP contribution in [-0.4, -0.2) is 74.0 Å². The Kier molecular flexibility index (Phi) is 7.07. The summed E-state index contributed by atoms with van der Waals surface area (Å²) >= 11 is 0. The number of carbonyl (C=O) groups is 1. The summed E-state index contributed by atoms with van der Waals surface area (Å²) in [5.74, 6) is 1.67. The number of anilines is 1. The van der Waals surface area contributed by atoms with Gasteiger partial charge in [-0.2, -0.15) is 4.98 Å². The lowest BCUT2D eigenvalue weighted by Crippen LogP contribution is -2.44. The van der Waals surface area contributed by atoms with E-state index in [9.17, 15) is 15.0 Å². The molecule has 0 unspecified atom stereocenters. The van der Waals surface area contributed by atoms with Crippen molar-refractivity contribution in [2.45, 2.75) is 69.1 Å². The van der Waals surface area contributed by atoms with E-state index in [1.165, 1.54) is 0 Å². The maximum absolute atomic E-state index is 12.9. The summed E-state index contributed by atoms with van der Waals surface area (Å²) < 4.78 is 7.52. The van der Waals surface area contributed by atoms with Gasteiger partial charge in [-0.05, 0) is 62.3 Å². The van der Waals surface area contributed by atoms with Gasteiger partial charge in [0.2, 0.25) is 11.9 Å². The van der Waals surface area contributed by atoms with Crippen molar-refractivity contribution in [3.63, 3.8) is 0 Å². The minimum Gasteiger partial charge on any atom is -0.393 e. The predicted molar refractivity (Wildman–Crippen MR) is 144 cm³/mol. The fourth-order valence-corrected chi connectivity index (χ4v) is 6.32. The molecule has 4 heterocycles. The molecule has 3 aliphatic rings. The molecular weight excluding hydrogens is 482 g/mol. The van der Waals surface area contributed by atoms with E-state index in [1.54, 1.807) is 6.20 Å². The average molecular weight is 520 g/mol. The number of piperidine rings is 1. The first-order valence-electron chi connectivity index (χ1n) is 14.0. The van der Waals surface area contributed by atoms with Crippen LogP contribution in [0.1, 0.15) is 56.9 Å². The third-order valence-electron chi connectivity index (χ3n) is 8.63. The normalized spacial score (nSPS) is 24.4. The molecule has 3 aromatic rings. The monoisotopic (exact) mass is 519 g/mol. The number of fused-ring (bicyclic) bond motifs is 1. The second-order valence-electron chi connectivity index (χ2n) is 11.1. The molecule has 9 heteroatoms. The van der Waals surface area contributed by atoms with Crippen molar-refractivity contribution < 1.29 is 19.7 Å². The molecule has 2 aromatic heterocycles. The van der Waals surface area contributed by atoms with Gasteiger partial charge in [0, 0.05) is 68.9 Å². The highest BCUT2D eigenvalue weighted by molar-refractivity contribution is 5.86. The van der Waals surface area contributed by atoms with E-state index in [0.29, 0.717) is 57.9 Å². The Morgan fingerprint density at radius 3 is 2.55 bits per heavy atom. The summed E-state index contributed by atoms with van der Waals surface area (Å²) in [6.07, 6.45) is 9.57. The van der Waals surface area contributed by atoms with E-state index in [4.69, 9.17) is 9.72 Å². The number of hydrogen-bond acceptors (Lipinski definition) is 7. The molecule has 202 valence electrons. The molecule has 6 rings (SSSR count). The summed E-state index contributed by atoms with van der Waals surface area (Å²) in [7, 11) is 0. The van der Waals surface area contributed by atoms with E-state index in [2.05, 4.69) is 22.4 Å². The molecule has 2 aliphatic heterocycles. The van der Waals surface area contributed by atoms with Gasteiger partial charge in [-0.3, -0.25) is 4.79 Å². The van der Waals surface area contributed by atoms with Gasteiger partial charge in [-0.25, -0.2) is 4.98 Å². The summed E-state index contributed by atoms with van der Waals surface area (Å²) in [6, 6.07) is 10.2. The fourth-order valence-electron chi connectivity index (χ4n) is 6.32. The number of aliphatic hydroxyl groups is 2. The highest BCUT2D eigenvalue weighted by atomic mass is 16.5. The number of likely N-dealkylation sites (tertiary alicyclic amines) is 1. The van der Waals surface area contributed by atoms with Gasteiger partial charge in [0.1, 0.15) is 5.82 Å². The van der Waals surface area contributed by atoms with Gasteiger partial charge >= 0.3 is 0 Å². The average Bonchev–Trinajstić information content (AvgIpc) is 3.38. The van der Waals surface area contributed by atoms with E-state index in [0.717, 1.165) is 48.0 Å². The molecule has 1 aliphatic carbocycles. The molecule has 0 atom stereocenters. The van der Waals surface area contributed by atoms with Crippen molar-refractivity contribution in [2.75, 3.05) is 31.6 Å². The van der Waals surface area contributed by atoms with Crippen molar-refractivity contribution in [1.82, 2.24) is 19.4 Å². The largest absolute Gasteiger partial charge is 0.393 e. The SMILES string of the molecule is O=C(C1CCC(Nc2nccc(-n3ccc4c(C5(O)CCOCC5)cccc43)n2)CC1)N1CCC(O)CC1. The zero-order valence-corrected chi connectivity index (χ0v) is 21.8. The van der Waals surface area contributed by atoms with Gasteiger partial charge in [0.05, 0.1) is 17.2 Å². The maximum Gasteiger partial charge on any atom is 0.225 e. The van der Waals surface area contributed by atoms with Crippen LogP contribution in [0.15, 0.2) is 42.7 Å². The van der Waals surface area contributed by atoms with Crippen LogP contribution in [0.2, 0.25) is 0 Å². The molecule has 3 fully saturated rings. The van der Waals surface area contributed by atoms with E-state index in [1.807, 2.05) is 33.9 Å². The standard InChI is InChI=1S/C29H37N5O4/c35-22-9-15-33(16-10-22)27(36)20-4-6-21(7-5-20)31-28-30-14-8-26(32-28)34-17-11-23-24(2-1-3-25(23)34)29(37)12-18-38-19-13-29/h1-3,8,11,14,17,20-22,35,37H,4-7,9-10,12-13,15-16,18-19H2,(H,30,31,32). The van der Waals surface area contributed by atoms with Gasteiger partial charge in [-0.1, -0.05) is 12.1 Å². The van der Waals surface area contributed by atoms with Gasteiger partial charge < -0.3 is 29.7 Å². The molecular formula is C29H37N5O4. The van der Waals surface area contributed by atoms with Crippen molar-refractivity contribution in [1.29, 1.82) is 0 Å². The first kappa shape index (κ1) is 25.3. The van der Waals surface area contributed by atoms with Crippen LogP contribution in [0.25, 0.3) is 16.7 Å². The first-order valence-corrected chi connectivity index (χ1v) is 14.0. The van der Waals surface area contributed by atoms with Crippen LogP contribution >= 0.6 is 0 Å². The fraction of sp³-hybridized carbons (Fsp3) is 0.552. The molecule has 3 N–H and O–H groups in total. The zero-order chi connectivity index (χ0) is 26.1. The number of aliphatic hydroxyl groups excluding tert-OH is 1. The number of rotatable bonds is 5. The smallest absolute Gasteiger partial charge is 0.225 e. The van der Waals surface area contributed by atoms with Gasteiger partial charge in [0.15, 0.2) is 0 Å².